The predicted octanol–water partition coefficient (Wildman–Crippen LogP) is 2.96. The van der Waals surface area contributed by atoms with E-state index >= 15 is 0 Å². The third kappa shape index (κ3) is 2.48. The Morgan fingerprint density at radius 3 is 2.69 bits per heavy atom. The van der Waals surface area contributed by atoms with Crippen molar-refractivity contribution in [2.24, 2.45) is 5.73 Å². The van der Waals surface area contributed by atoms with Crippen molar-refractivity contribution in [3.63, 3.8) is 0 Å². The van der Waals surface area contributed by atoms with Crippen LogP contribution in [-0.4, -0.2) is 5.75 Å². The molecule has 2 heteroatoms. The van der Waals surface area contributed by atoms with Gasteiger partial charge < -0.3 is 5.73 Å². The highest BCUT2D eigenvalue weighted by Gasteiger charge is 2.15. The molecule has 1 aliphatic rings. The summed E-state index contributed by atoms with van der Waals surface area (Å²) in [4.78, 5) is 0. The summed E-state index contributed by atoms with van der Waals surface area (Å²) in [6.45, 7) is 4.00. The topological polar surface area (TPSA) is 26.0 Å². The van der Waals surface area contributed by atoms with Crippen LogP contribution in [0.2, 0.25) is 0 Å². The zero-order valence-electron chi connectivity index (χ0n) is 8.29. The molecule has 1 aromatic carbocycles. The largest absolute Gasteiger partial charge is 0.323 e. The fraction of sp³-hybridized carbons (Fsp3) is 0.455. The first kappa shape index (κ1) is 10.6. The molecule has 0 saturated carbocycles. The SMILES string of the molecule is CC.N[C@@H]1CSCc2ccccc21. The van der Waals surface area contributed by atoms with E-state index in [2.05, 4.69) is 24.3 Å². The number of fused-ring (bicyclic) bond motifs is 1. The second kappa shape index (κ2) is 5.30. The minimum absolute atomic E-state index is 0.255. The van der Waals surface area contributed by atoms with Crippen molar-refractivity contribution in [2.75, 3.05) is 5.75 Å². The Labute approximate surface area is 84.7 Å². The van der Waals surface area contributed by atoms with E-state index in [9.17, 15) is 0 Å². The van der Waals surface area contributed by atoms with E-state index in [0.717, 1.165) is 11.5 Å². The van der Waals surface area contributed by atoms with Gasteiger partial charge in [0, 0.05) is 17.5 Å². The van der Waals surface area contributed by atoms with E-state index in [1.165, 1.54) is 11.1 Å². The molecule has 2 rings (SSSR count). The van der Waals surface area contributed by atoms with E-state index in [4.69, 9.17) is 5.73 Å². The molecule has 0 saturated heterocycles. The Bertz CT molecular complexity index is 260. The van der Waals surface area contributed by atoms with Gasteiger partial charge in [-0.15, -0.1) is 0 Å². The molecule has 0 fully saturated rings. The maximum Gasteiger partial charge on any atom is 0.0389 e. The highest BCUT2D eigenvalue weighted by atomic mass is 32.2. The van der Waals surface area contributed by atoms with Crippen molar-refractivity contribution in [3.8, 4) is 0 Å². The smallest absolute Gasteiger partial charge is 0.0389 e. The van der Waals surface area contributed by atoms with E-state index < -0.39 is 0 Å². The summed E-state index contributed by atoms with van der Waals surface area (Å²) in [5.41, 5.74) is 8.68. The van der Waals surface area contributed by atoms with Gasteiger partial charge in [0.05, 0.1) is 0 Å². The number of benzene rings is 1. The fourth-order valence-corrected chi connectivity index (χ4v) is 2.45. The molecule has 13 heavy (non-hydrogen) atoms. The lowest BCUT2D eigenvalue weighted by Crippen LogP contribution is -2.18. The van der Waals surface area contributed by atoms with E-state index in [-0.39, 0.29) is 6.04 Å². The lowest BCUT2D eigenvalue weighted by molar-refractivity contribution is 0.809. The van der Waals surface area contributed by atoms with Gasteiger partial charge >= 0.3 is 0 Å². The van der Waals surface area contributed by atoms with Crippen LogP contribution in [0.1, 0.15) is 31.0 Å². The summed E-state index contributed by atoms with van der Waals surface area (Å²) in [7, 11) is 0. The van der Waals surface area contributed by atoms with Crippen molar-refractivity contribution >= 4 is 11.8 Å². The zero-order valence-corrected chi connectivity index (χ0v) is 9.10. The average molecular weight is 195 g/mol. The Balaban J connectivity index is 0.000000396. The van der Waals surface area contributed by atoms with Crippen LogP contribution in [0.15, 0.2) is 24.3 Å². The van der Waals surface area contributed by atoms with E-state index in [0.29, 0.717) is 0 Å². The van der Waals surface area contributed by atoms with Crippen LogP contribution in [0.3, 0.4) is 0 Å². The molecule has 1 aliphatic heterocycles. The van der Waals surface area contributed by atoms with Gasteiger partial charge in [0.2, 0.25) is 0 Å². The van der Waals surface area contributed by atoms with Crippen LogP contribution in [0.25, 0.3) is 0 Å². The number of rotatable bonds is 0. The van der Waals surface area contributed by atoms with Gasteiger partial charge in [-0.25, -0.2) is 0 Å². The molecular formula is C11H17NS. The van der Waals surface area contributed by atoms with Crippen molar-refractivity contribution < 1.29 is 0 Å². The van der Waals surface area contributed by atoms with E-state index in [1.54, 1.807) is 0 Å². The lowest BCUT2D eigenvalue weighted by Gasteiger charge is -2.21. The number of thioether (sulfide) groups is 1. The van der Waals surface area contributed by atoms with Crippen molar-refractivity contribution in [1.29, 1.82) is 0 Å². The molecule has 72 valence electrons. The van der Waals surface area contributed by atoms with Gasteiger partial charge in [0.25, 0.3) is 0 Å². The van der Waals surface area contributed by atoms with Gasteiger partial charge in [-0.1, -0.05) is 38.1 Å². The molecule has 0 unspecified atom stereocenters. The molecular weight excluding hydrogens is 178 g/mol. The van der Waals surface area contributed by atoms with Gasteiger partial charge in [-0.05, 0) is 11.1 Å². The molecule has 1 heterocycles. The van der Waals surface area contributed by atoms with Gasteiger partial charge in [0.15, 0.2) is 0 Å². The summed E-state index contributed by atoms with van der Waals surface area (Å²) in [6, 6.07) is 8.71. The summed E-state index contributed by atoms with van der Waals surface area (Å²) in [5.74, 6) is 2.20. The molecule has 1 nitrogen and oxygen atoms in total. The maximum atomic E-state index is 5.93. The third-order valence-corrected chi connectivity index (χ3v) is 3.12. The van der Waals surface area contributed by atoms with Crippen molar-refractivity contribution in [1.82, 2.24) is 0 Å². The molecule has 0 radical (unpaired) electrons. The molecule has 0 aromatic heterocycles. The second-order valence-electron chi connectivity index (χ2n) is 2.82. The van der Waals surface area contributed by atoms with Crippen molar-refractivity contribution in [3.05, 3.63) is 35.4 Å². The molecule has 0 amide bonds. The summed E-state index contributed by atoms with van der Waals surface area (Å²) in [5, 5.41) is 0. The molecule has 0 spiro atoms. The first-order valence-corrected chi connectivity index (χ1v) is 5.94. The minimum atomic E-state index is 0.255. The van der Waals surface area contributed by atoms with Crippen LogP contribution in [-0.2, 0) is 5.75 Å². The summed E-state index contributed by atoms with van der Waals surface area (Å²) in [6.07, 6.45) is 0. The minimum Gasteiger partial charge on any atom is -0.323 e. The Hall–Kier alpha value is -0.470. The fourth-order valence-electron chi connectivity index (χ4n) is 1.41. The Morgan fingerprint density at radius 2 is 2.00 bits per heavy atom. The summed E-state index contributed by atoms with van der Waals surface area (Å²) < 4.78 is 0. The summed E-state index contributed by atoms with van der Waals surface area (Å²) >= 11 is 1.92. The third-order valence-electron chi connectivity index (χ3n) is 2.01. The number of nitrogens with two attached hydrogens (primary N) is 1. The monoisotopic (exact) mass is 195 g/mol. The maximum absolute atomic E-state index is 5.93. The van der Waals surface area contributed by atoms with Crippen LogP contribution < -0.4 is 5.73 Å². The molecule has 1 atom stereocenters. The number of hydrogen-bond acceptors (Lipinski definition) is 2. The van der Waals surface area contributed by atoms with Crippen molar-refractivity contribution in [2.45, 2.75) is 25.6 Å². The van der Waals surface area contributed by atoms with Gasteiger partial charge in [-0.2, -0.15) is 11.8 Å². The number of hydrogen-bond donors (Lipinski definition) is 1. The lowest BCUT2D eigenvalue weighted by atomic mass is 10.0. The van der Waals surface area contributed by atoms with Gasteiger partial charge in [0.1, 0.15) is 0 Å². The van der Waals surface area contributed by atoms with Gasteiger partial charge in [-0.3, -0.25) is 0 Å². The molecule has 1 aromatic rings. The highest BCUT2D eigenvalue weighted by Crippen LogP contribution is 2.29. The molecule has 2 N–H and O–H groups in total. The second-order valence-corrected chi connectivity index (χ2v) is 3.85. The first-order chi connectivity index (χ1) is 6.38. The first-order valence-electron chi connectivity index (χ1n) is 4.79. The molecule has 0 bridgehead atoms. The quantitative estimate of drug-likeness (QED) is 0.688. The van der Waals surface area contributed by atoms with Crippen LogP contribution in [0.4, 0.5) is 0 Å². The van der Waals surface area contributed by atoms with Crippen LogP contribution in [0, 0.1) is 0 Å². The zero-order chi connectivity index (χ0) is 9.68. The highest BCUT2D eigenvalue weighted by molar-refractivity contribution is 7.98. The van der Waals surface area contributed by atoms with Crippen LogP contribution in [0.5, 0.6) is 0 Å². The normalized spacial score (nSPS) is 19.8. The Morgan fingerprint density at radius 1 is 1.31 bits per heavy atom. The Kier molecular flexibility index (Phi) is 4.33. The van der Waals surface area contributed by atoms with E-state index in [1.807, 2.05) is 25.6 Å². The van der Waals surface area contributed by atoms with Crippen LogP contribution >= 0.6 is 11.8 Å². The standard InChI is InChI=1S/C9H11NS.C2H6/c10-9-6-11-5-7-3-1-2-4-8(7)9;1-2/h1-4,9H,5-6,10H2;1-2H3/t9-;/m1./s1. The average Bonchev–Trinajstić information content (AvgIpc) is 2.22. The predicted molar refractivity (Wildman–Crippen MR) is 60.9 cm³/mol. The molecule has 0 aliphatic carbocycles.